The highest BCUT2D eigenvalue weighted by Crippen LogP contribution is 2.19. The number of likely N-dealkylation sites (N-methyl/N-ethyl adjacent to an activating group) is 1. The van der Waals surface area contributed by atoms with Crippen LogP contribution < -0.4 is 10.6 Å². The van der Waals surface area contributed by atoms with Gasteiger partial charge in [0.05, 0.1) is 6.54 Å². The molecule has 0 unspecified atom stereocenters. The van der Waals surface area contributed by atoms with E-state index < -0.39 is 0 Å². The lowest BCUT2D eigenvalue weighted by molar-refractivity contribution is 0.363. The van der Waals surface area contributed by atoms with E-state index >= 15 is 0 Å². The first kappa shape index (κ1) is 21.8. The Hall–Kier alpha value is -1.28. The van der Waals surface area contributed by atoms with Crippen molar-refractivity contribution in [2.24, 2.45) is 4.99 Å². The molecular formula is C19H32IN5. The molecule has 140 valence electrons. The normalized spacial score (nSPS) is 11.6. The topological polar surface area (TPSA) is 55.5 Å². The maximum Gasteiger partial charge on any atom is 0.191 e. The highest BCUT2D eigenvalue weighted by Gasteiger charge is 2.04. The minimum atomic E-state index is 0. The number of aromatic nitrogens is 1. The van der Waals surface area contributed by atoms with Gasteiger partial charge in [-0.15, -0.1) is 24.0 Å². The third kappa shape index (κ3) is 6.86. The fraction of sp³-hybridized carbons (Fsp3) is 0.526. The molecule has 0 aliphatic rings. The van der Waals surface area contributed by atoms with Crippen molar-refractivity contribution in [3.63, 3.8) is 0 Å². The van der Waals surface area contributed by atoms with Crippen LogP contribution >= 0.6 is 24.0 Å². The van der Waals surface area contributed by atoms with Crippen LogP contribution in [0.1, 0.15) is 25.0 Å². The van der Waals surface area contributed by atoms with Crippen LogP contribution in [0, 0.1) is 6.92 Å². The van der Waals surface area contributed by atoms with Gasteiger partial charge >= 0.3 is 0 Å². The van der Waals surface area contributed by atoms with Gasteiger partial charge in [0.1, 0.15) is 0 Å². The Morgan fingerprint density at radius 1 is 1.24 bits per heavy atom. The van der Waals surface area contributed by atoms with Crippen LogP contribution in [0.2, 0.25) is 0 Å². The number of benzene rings is 1. The van der Waals surface area contributed by atoms with E-state index in [1.807, 2.05) is 0 Å². The summed E-state index contributed by atoms with van der Waals surface area (Å²) >= 11 is 0. The SMILES string of the molecule is CCNC(=NCCN(C)CC)NCCc1c[nH]c2cc(C)ccc12.I. The summed E-state index contributed by atoms with van der Waals surface area (Å²) in [6.45, 7) is 11.0. The van der Waals surface area contributed by atoms with E-state index in [4.69, 9.17) is 0 Å². The maximum atomic E-state index is 4.64. The molecule has 0 atom stereocenters. The van der Waals surface area contributed by atoms with Crippen molar-refractivity contribution >= 4 is 40.8 Å². The highest BCUT2D eigenvalue weighted by molar-refractivity contribution is 14.0. The number of aliphatic imine (C=N–C) groups is 1. The summed E-state index contributed by atoms with van der Waals surface area (Å²) in [4.78, 5) is 10.3. The van der Waals surface area contributed by atoms with Gasteiger partial charge in [0.25, 0.3) is 0 Å². The van der Waals surface area contributed by atoms with Crippen molar-refractivity contribution in [1.82, 2.24) is 20.5 Å². The van der Waals surface area contributed by atoms with Gasteiger partial charge in [-0.05, 0) is 51.1 Å². The molecule has 3 N–H and O–H groups in total. The molecule has 25 heavy (non-hydrogen) atoms. The Labute approximate surface area is 168 Å². The lowest BCUT2D eigenvalue weighted by atomic mass is 10.1. The quantitative estimate of drug-likeness (QED) is 0.324. The monoisotopic (exact) mass is 457 g/mol. The fourth-order valence-electron chi connectivity index (χ4n) is 2.65. The number of aromatic amines is 1. The Balaban J connectivity index is 0.00000312. The zero-order chi connectivity index (χ0) is 17.4. The molecular weight excluding hydrogens is 425 g/mol. The second-order valence-corrected chi connectivity index (χ2v) is 6.20. The molecule has 0 aliphatic carbocycles. The van der Waals surface area contributed by atoms with Crippen LogP contribution in [0.5, 0.6) is 0 Å². The second-order valence-electron chi connectivity index (χ2n) is 6.20. The first-order valence-electron chi connectivity index (χ1n) is 8.91. The summed E-state index contributed by atoms with van der Waals surface area (Å²) in [5, 5.41) is 8.06. The van der Waals surface area contributed by atoms with E-state index in [2.05, 4.69) is 77.7 Å². The molecule has 6 heteroatoms. The summed E-state index contributed by atoms with van der Waals surface area (Å²) in [5.74, 6) is 0.901. The molecule has 1 heterocycles. The number of rotatable bonds is 8. The van der Waals surface area contributed by atoms with Crippen LogP contribution in [0.4, 0.5) is 0 Å². The number of hydrogen-bond donors (Lipinski definition) is 3. The molecule has 2 rings (SSSR count). The number of nitrogens with one attached hydrogen (secondary N) is 3. The molecule has 0 amide bonds. The standard InChI is InChI=1S/C19H31N5.HI/c1-5-20-19(22-11-12-24(4)6-2)21-10-9-16-14-23-18-13-15(3)7-8-17(16)18;/h7-8,13-14,23H,5-6,9-12H2,1-4H3,(H2,20,21,22);1H. The molecule has 2 aromatic rings. The molecule has 0 spiro atoms. The van der Waals surface area contributed by atoms with E-state index in [9.17, 15) is 0 Å². The zero-order valence-electron chi connectivity index (χ0n) is 15.9. The van der Waals surface area contributed by atoms with Gasteiger partial charge < -0.3 is 20.5 Å². The zero-order valence-corrected chi connectivity index (χ0v) is 18.2. The van der Waals surface area contributed by atoms with Crippen molar-refractivity contribution < 1.29 is 0 Å². The number of guanidine groups is 1. The molecule has 0 bridgehead atoms. The summed E-state index contributed by atoms with van der Waals surface area (Å²) in [6.07, 6.45) is 3.09. The molecule has 0 saturated carbocycles. The van der Waals surface area contributed by atoms with E-state index in [1.165, 1.54) is 22.0 Å². The molecule has 0 aliphatic heterocycles. The molecule has 0 radical (unpaired) electrons. The van der Waals surface area contributed by atoms with Gasteiger partial charge in [-0.25, -0.2) is 0 Å². The largest absolute Gasteiger partial charge is 0.361 e. The third-order valence-corrected chi connectivity index (χ3v) is 4.25. The van der Waals surface area contributed by atoms with E-state index in [-0.39, 0.29) is 24.0 Å². The smallest absolute Gasteiger partial charge is 0.191 e. The molecule has 5 nitrogen and oxygen atoms in total. The number of hydrogen-bond acceptors (Lipinski definition) is 2. The average molecular weight is 457 g/mol. The number of H-pyrrole nitrogens is 1. The maximum absolute atomic E-state index is 4.64. The summed E-state index contributed by atoms with van der Waals surface area (Å²) < 4.78 is 0. The van der Waals surface area contributed by atoms with Crippen LogP contribution in [-0.4, -0.2) is 55.6 Å². The Morgan fingerprint density at radius 3 is 2.76 bits per heavy atom. The summed E-state index contributed by atoms with van der Waals surface area (Å²) in [7, 11) is 2.12. The van der Waals surface area contributed by atoms with Gasteiger partial charge in [0.2, 0.25) is 0 Å². The molecule has 0 saturated heterocycles. The Bertz CT molecular complexity index is 665. The van der Waals surface area contributed by atoms with Gasteiger partial charge in [-0.3, -0.25) is 4.99 Å². The summed E-state index contributed by atoms with van der Waals surface area (Å²) in [6, 6.07) is 6.57. The lowest BCUT2D eigenvalue weighted by Crippen LogP contribution is -2.38. The van der Waals surface area contributed by atoms with E-state index in [0.717, 1.165) is 45.1 Å². The molecule has 1 aromatic heterocycles. The lowest BCUT2D eigenvalue weighted by Gasteiger charge is -2.14. The molecule has 1 aromatic carbocycles. The number of halogens is 1. The van der Waals surface area contributed by atoms with E-state index in [1.54, 1.807) is 0 Å². The van der Waals surface area contributed by atoms with Crippen molar-refractivity contribution in [1.29, 1.82) is 0 Å². The van der Waals surface area contributed by atoms with Crippen molar-refractivity contribution in [2.45, 2.75) is 27.2 Å². The summed E-state index contributed by atoms with van der Waals surface area (Å²) in [5.41, 5.74) is 3.85. The van der Waals surface area contributed by atoms with E-state index in [0.29, 0.717) is 0 Å². The number of nitrogens with zero attached hydrogens (tertiary/aromatic N) is 2. The van der Waals surface area contributed by atoms with Crippen LogP contribution in [0.25, 0.3) is 10.9 Å². The highest BCUT2D eigenvalue weighted by atomic mass is 127. The fourth-order valence-corrected chi connectivity index (χ4v) is 2.65. The van der Waals surface area contributed by atoms with Crippen LogP contribution in [0.3, 0.4) is 0 Å². The van der Waals surface area contributed by atoms with Crippen molar-refractivity contribution in [3.8, 4) is 0 Å². The predicted molar refractivity (Wildman–Crippen MR) is 119 cm³/mol. The van der Waals surface area contributed by atoms with Crippen molar-refractivity contribution in [2.75, 3.05) is 39.8 Å². The minimum Gasteiger partial charge on any atom is -0.361 e. The molecule has 0 fully saturated rings. The Morgan fingerprint density at radius 2 is 2.04 bits per heavy atom. The van der Waals surface area contributed by atoms with Crippen LogP contribution in [0.15, 0.2) is 29.4 Å². The van der Waals surface area contributed by atoms with Crippen molar-refractivity contribution in [3.05, 3.63) is 35.5 Å². The second kappa shape index (κ2) is 11.4. The minimum absolute atomic E-state index is 0. The average Bonchev–Trinajstić information content (AvgIpc) is 2.96. The predicted octanol–water partition coefficient (Wildman–Crippen LogP) is 3.14. The van der Waals surface area contributed by atoms with Gasteiger partial charge in [-0.2, -0.15) is 0 Å². The first-order valence-corrected chi connectivity index (χ1v) is 8.91. The first-order chi connectivity index (χ1) is 11.6. The van der Waals surface area contributed by atoms with Gasteiger partial charge in [-0.1, -0.05) is 19.1 Å². The Kier molecular flexibility index (Phi) is 9.89. The van der Waals surface area contributed by atoms with Gasteiger partial charge in [0.15, 0.2) is 5.96 Å². The number of aryl methyl sites for hydroxylation is 1. The number of fused-ring (bicyclic) bond motifs is 1. The van der Waals surface area contributed by atoms with Crippen LogP contribution in [-0.2, 0) is 6.42 Å². The van der Waals surface area contributed by atoms with Gasteiger partial charge in [0, 0.05) is 36.7 Å². The third-order valence-electron chi connectivity index (χ3n) is 4.25.